The molecule has 2 heterocycles. The molecule has 0 saturated carbocycles. The van der Waals surface area contributed by atoms with Crippen molar-refractivity contribution in [1.82, 2.24) is 14.5 Å². The SMILES string of the molecule is Cc1ccc(NC(=O)Cn2ccnc2-c2cccnc2)cc1Cl. The van der Waals surface area contributed by atoms with Crippen LogP contribution in [0.25, 0.3) is 11.4 Å². The lowest BCUT2D eigenvalue weighted by Gasteiger charge is -2.09. The van der Waals surface area contributed by atoms with E-state index in [1.54, 1.807) is 35.4 Å². The van der Waals surface area contributed by atoms with E-state index >= 15 is 0 Å². The Hall–Kier alpha value is -2.66. The molecule has 0 atom stereocenters. The van der Waals surface area contributed by atoms with Gasteiger partial charge in [-0.05, 0) is 36.8 Å². The summed E-state index contributed by atoms with van der Waals surface area (Å²) in [6.45, 7) is 2.08. The number of carbonyl (C=O) groups excluding carboxylic acids is 1. The summed E-state index contributed by atoms with van der Waals surface area (Å²) in [5.41, 5.74) is 2.51. The highest BCUT2D eigenvalue weighted by atomic mass is 35.5. The second-order valence-corrected chi connectivity index (χ2v) is 5.54. The van der Waals surface area contributed by atoms with Crippen molar-refractivity contribution in [2.75, 3.05) is 5.32 Å². The summed E-state index contributed by atoms with van der Waals surface area (Å²) in [7, 11) is 0. The molecule has 0 saturated heterocycles. The number of imidazole rings is 1. The number of hydrogen-bond donors (Lipinski definition) is 1. The van der Waals surface area contributed by atoms with Crippen molar-refractivity contribution in [2.45, 2.75) is 13.5 Å². The molecule has 0 unspecified atom stereocenters. The van der Waals surface area contributed by atoms with E-state index in [0.29, 0.717) is 16.5 Å². The molecule has 0 bridgehead atoms. The zero-order valence-corrected chi connectivity index (χ0v) is 13.3. The molecule has 23 heavy (non-hydrogen) atoms. The number of anilines is 1. The first-order chi connectivity index (χ1) is 11.1. The van der Waals surface area contributed by atoms with Crippen LogP contribution in [0.5, 0.6) is 0 Å². The fourth-order valence-electron chi connectivity index (χ4n) is 2.22. The van der Waals surface area contributed by atoms with Gasteiger partial charge in [0.15, 0.2) is 0 Å². The third kappa shape index (κ3) is 3.57. The van der Waals surface area contributed by atoms with Gasteiger partial charge in [0.1, 0.15) is 12.4 Å². The van der Waals surface area contributed by atoms with E-state index in [9.17, 15) is 4.79 Å². The lowest BCUT2D eigenvalue weighted by Crippen LogP contribution is -2.19. The first kappa shape index (κ1) is 15.2. The van der Waals surface area contributed by atoms with Crippen molar-refractivity contribution < 1.29 is 4.79 Å². The number of nitrogens with one attached hydrogen (secondary N) is 1. The Morgan fingerprint density at radius 2 is 2.17 bits per heavy atom. The van der Waals surface area contributed by atoms with Crippen LogP contribution in [0.2, 0.25) is 5.02 Å². The molecule has 6 heteroatoms. The highest BCUT2D eigenvalue weighted by Gasteiger charge is 2.10. The van der Waals surface area contributed by atoms with Gasteiger partial charge >= 0.3 is 0 Å². The minimum atomic E-state index is -0.145. The maximum Gasteiger partial charge on any atom is 0.244 e. The highest BCUT2D eigenvalue weighted by Crippen LogP contribution is 2.20. The molecule has 0 fully saturated rings. The number of amides is 1. The number of nitrogens with zero attached hydrogens (tertiary/aromatic N) is 3. The number of carbonyl (C=O) groups is 1. The smallest absolute Gasteiger partial charge is 0.244 e. The molecular formula is C17H15ClN4O. The van der Waals surface area contributed by atoms with Crippen LogP contribution in [0.3, 0.4) is 0 Å². The van der Waals surface area contributed by atoms with Crippen molar-refractivity contribution in [1.29, 1.82) is 0 Å². The predicted octanol–water partition coefficient (Wildman–Crippen LogP) is 3.55. The average Bonchev–Trinajstić information content (AvgIpc) is 3.00. The lowest BCUT2D eigenvalue weighted by molar-refractivity contribution is -0.116. The Morgan fingerprint density at radius 1 is 1.30 bits per heavy atom. The van der Waals surface area contributed by atoms with Crippen LogP contribution in [0.1, 0.15) is 5.56 Å². The number of aromatic nitrogens is 3. The maximum atomic E-state index is 12.2. The first-order valence-electron chi connectivity index (χ1n) is 7.11. The molecule has 116 valence electrons. The van der Waals surface area contributed by atoms with Crippen LogP contribution in [0.4, 0.5) is 5.69 Å². The zero-order valence-electron chi connectivity index (χ0n) is 12.5. The van der Waals surface area contributed by atoms with E-state index in [2.05, 4.69) is 15.3 Å². The fourth-order valence-corrected chi connectivity index (χ4v) is 2.40. The third-order valence-corrected chi connectivity index (χ3v) is 3.81. The Morgan fingerprint density at radius 3 is 2.91 bits per heavy atom. The normalized spacial score (nSPS) is 10.5. The van der Waals surface area contributed by atoms with Crippen LogP contribution in [-0.4, -0.2) is 20.4 Å². The topological polar surface area (TPSA) is 59.8 Å². The fraction of sp³-hybridized carbons (Fsp3) is 0.118. The number of aryl methyl sites for hydroxylation is 1. The van der Waals surface area contributed by atoms with Gasteiger partial charge in [0.05, 0.1) is 0 Å². The molecular weight excluding hydrogens is 312 g/mol. The summed E-state index contributed by atoms with van der Waals surface area (Å²) in [5, 5.41) is 3.47. The number of halogens is 1. The summed E-state index contributed by atoms with van der Waals surface area (Å²) in [6.07, 6.45) is 6.85. The number of hydrogen-bond acceptors (Lipinski definition) is 3. The Balaban J connectivity index is 1.74. The van der Waals surface area contributed by atoms with Crippen LogP contribution < -0.4 is 5.32 Å². The molecule has 1 amide bonds. The van der Waals surface area contributed by atoms with Crippen LogP contribution in [0, 0.1) is 6.92 Å². The molecule has 0 aliphatic heterocycles. The van der Waals surface area contributed by atoms with Gasteiger partial charge in [0.2, 0.25) is 5.91 Å². The number of rotatable bonds is 4. The first-order valence-corrected chi connectivity index (χ1v) is 7.49. The van der Waals surface area contributed by atoms with Gasteiger partial charge in [0.25, 0.3) is 0 Å². The molecule has 1 N–H and O–H groups in total. The van der Waals surface area contributed by atoms with Crippen molar-refractivity contribution in [3.8, 4) is 11.4 Å². The Bertz CT molecular complexity index is 830. The molecule has 0 aliphatic rings. The average molecular weight is 327 g/mol. The maximum absolute atomic E-state index is 12.2. The van der Waals surface area contributed by atoms with Crippen molar-refractivity contribution in [2.24, 2.45) is 0 Å². The van der Waals surface area contributed by atoms with Crippen molar-refractivity contribution in [3.05, 3.63) is 65.7 Å². The summed E-state index contributed by atoms with van der Waals surface area (Å²) >= 11 is 6.07. The second kappa shape index (κ2) is 6.62. The Kier molecular flexibility index (Phi) is 4.39. The van der Waals surface area contributed by atoms with E-state index in [-0.39, 0.29) is 12.5 Å². The molecule has 2 aromatic heterocycles. The predicted molar refractivity (Wildman–Crippen MR) is 90.3 cm³/mol. The molecule has 0 radical (unpaired) electrons. The summed E-state index contributed by atoms with van der Waals surface area (Å²) in [6, 6.07) is 9.18. The van der Waals surface area contributed by atoms with Crippen molar-refractivity contribution >= 4 is 23.2 Å². The zero-order chi connectivity index (χ0) is 16.2. The molecule has 5 nitrogen and oxygen atoms in total. The third-order valence-electron chi connectivity index (χ3n) is 3.40. The van der Waals surface area contributed by atoms with Crippen molar-refractivity contribution in [3.63, 3.8) is 0 Å². The van der Waals surface area contributed by atoms with Gasteiger partial charge in [-0.25, -0.2) is 4.98 Å². The van der Waals surface area contributed by atoms with Gasteiger partial charge < -0.3 is 9.88 Å². The summed E-state index contributed by atoms with van der Waals surface area (Å²) in [4.78, 5) is 20.6. The standard InChI is InChI=1S/C17H15ClN4O/c1-12-4-5-14(9-15(12)18)21-16(23)11-22-8-7-20-17(22)13-3-2-6-19-10-13/h2-10H,11H2,1H3,(H,21,23). The van der Waals surface area contributed by atoms with Crippen LogP contribution >= 0.6 is 11.6 Å². The molecule has 3 aromatic rings. The van der Waals surface area contributed by atoms with Gasteiger partial charge in [-0.1, -0.05) is 17.7 Å². The van der Waals surface area contributed by atoms with Gasteiger partial charge in [-0.15, -0.1) is 0 Å². The largest absolute Gasteiger partial charge is 0.324 e. The lowest BCUT2D eigenvalue weighted by atomic mass is 10.2. The Labute approximate surface area is 139 Å². The van der Waals surface area contributed by atoms with Gasteiger partial charge in [0, 0.05) is 41.1 Å². The molecule has 3 rings (SSSR count). The van der Waals surface area contributed by atoms with Gasteiger partial charge in [-0.2, -0.15) is 0 Å². The minimum Gasteiger partial charge on any atom is -0.324 e. The minimum absolute atomic E-state index is 0.145. The van der Waals surface area contributed by atoms with E-state index in [1.807, 2.05) is 31.2 Å². The van der Waals surface area contributed by atoms with E-state index in [1.165, 1.54) is 0 Å². The summed E-state index contributed by atoms with van der Waals surface area (Å²) < 4.78 is 1.78. The number of pyridine rings is 1. The molecule has 0 spiro atoms. The van der Waals surface area contributed by atoms with E-state index in [4.69, 9.17) is 11.6 Å². The monoisotopic (exact) mass is 326 g/mol. The highest BCUT2D eigenvalue weighted by molar-refractivity contribution is 6.31. The summed E-state index contributed by atoms with van der Waals surface area (Å²) in [5.74, 6) is 0.559. The second-order valence-electron chi connectivity index (χ2n) is 5.13. The van der Waals surface area contributed by atoms with Gasteiger partial charge in [-0.3, -0.25) is 9.78 Å². The molecule has 1 aromatic carbocycles. The van der Waals surface area contributed by atoms with Crippen LogP contribution in [0.15, 0.2) is 55.1 Å². The van der Waals surface area contributed by atoms with E-state index in [0.717, 1.165) is 11.1 Å². The van der Waals surface area contributed by atoms with Crippen LogP contribution in [-0.2, 0) is 11.3 Å². The molecule has 0 aliphatic carbocycles. The number of benzene rings is 1. The van der Waals surface area contributed by atoms with E-state index < -0.39 is 0 Å². The quantitative estimate of drug-likeness (QED) is 0.797.